The first kappa shape index (κ1) is 17.5. The van der Waals surface area contributed by atoms with Crippen LogP contribution in [0.25, 0.3) is 0 Å². The molecule has 0 saturated heterocycles. The van der Waals surface area contributed by atoms with Gasteiger partial charge in [-0.25, -0.2) is 0 Å². The molecule has 2 aromatic rings. The van der Waals surface area contributed by atoms with Crippen molar-refractivity contribution in [2.45, 2.75) is 19.0 Å². The first-order chi connectivity index (χ1) is 11.4. The second-order valence-electron chi connectivity index (χ2n) is 4.77. The topological polar surface area (TPSA) is 76.7 Å². The van der Waals surface area contributed by atoms with Gasteiger partial charge < -0.3 is 5.32 Å². The molecule has 0 radical (unpaired) electrons. The highest BCUT2D eigenvalue weighted by Gasteiger charge is 2.40. The number of anilines is 1. The minimum atomic E-state index is -4.83. The summed E-state index contributed by atoms with van der Waals surface area (Å²) in [7, 11) is 0. The summed E-state index contributed by atoms with van der Waals surface area (Å²) in [5.74, 6) is -0.519. The number of benzene rings is 1. The summed E-state index contributed by atoms with van der Waals surface area (Å²) < 4.78 is 39.0. The van der Waals surface area contributed by atoms with E-state index in [1.165, 1.54) is 12.1 Å². The van der Waals surface area contributed by atoms with Crippen LogP contribution in [-0.2, 0) is 17.4 Å². The number of hydrogen-bond donors (Lipinski definition) is 1. The molecule has 122 valence electrons. The van der Waals surface area contributed by atoms with Crippen LogP contribution in [0.4, 0.5) is 18.2 Å². The highest BCUT2D eigenvalue weighted by Crippen LogP contribution is 2.42. The molecule has 4 nitrogen and oxygen atoms in total. The smallest absolute Gasteiger partial charge is 0.317 e. The average Bonchev–Trinajstić information content (AvgIpc) is 2.91. The van der Waals surface area contributed by atoms with Gasteiger partial charge in [-0.2, -0.15) is 23.7 Å². The monoisotopic (exact) mass is 349 g/mol. The molecule has 0 saturated carbocycles. The van der Waals surface area contributed by atoms with Gasteiger partial charge in [0.1, 0.15) is 33.1 Å². The zero-order chi connectivity index (χ0) is 17.7. The molecule has 0 bridgehead atoms. The zero-order valence-electron chi connectivity index (χ0n) is 12.1. The number of nitriles is 2. The minimum Gasteiger partial charge on any atom is -0.317 e. The number of rotatable bonds is 4. The Kier molecular flexibility index (Phi) is 5.22. The van der Waals surface area contributed by atoms with Crippen LogP contribution in [0, 0.1) is 22.7 Å². The van der Waals surface area contributed by atoms with Crippen LogP contribution >= 0.6 is 11.3 Å². The first-order valence-electron chi connectivity index (χ1n) is 6.74. The third-order valence-electron chi connectivity index (χ3n) is 3.14. The van der Waals surface area contributed by atoms with Crippen LogP contribution in [0.15, 0.2) is 30.3 Å². The third-order valence-corrected chi connectivity index (χ3v) is 4.15. The summed E-state index contributed by atoms with van der Waals surface area (Å²) in [6, 6.07) is 12.0. The van der Waals surface area contributed by atoms with E-state index in [2.05, 4.69) is 5.32 Å². The van der Waals surface area contributed by atoms with Gasteiger partial charge in [-0.3, -0.25) is 4.79 Å². The normalized spacial score (nSPS) is 10.7. The van der Waals surface area contributed by atoms with Crippen molar-refractivity contribution in [2.24, 2.45) is 0 Å². The van der Waals surface area contributed by atoms with E-state index in [0.717, 1.165) is 5.56 Å². The summed E-state index contributed by atoms with van der Waals surface area (Å²) in [6.07, 6.45) is -4.37. The summed E-state index contributed by atoms with van der Waals surface area (Å²) in [5, 5.41) is 19.9. The van der Waals surface area contributed by atoms with E-state index in [-0.39, 0.29) is 11.4 Å². The lowest BCUT2D eigenvalue weighted by molar-refractivity contribution is -0.137. The van der Waals surface area contributed by atoms with Crippen molar-refractivity contribution < 1.29 is 18.0 Å². The van der Waals surface area contributed by atoms with Crippen LogP contribution in [0.1, 0.15) is 28.0 Å². The Morgan fingerprint density at radius 3 is 2.38 bits per heavy atom. The van der Waals surface area contributed by atoms with Gasteiger partial charge in [0.2, 0.25) is 5.91 Å². The number of alkyl halides is 3. The fourth-order valence-corrected chi connectivity index (χ4v) is 3.05. The molecule has 1 heterocycles. The predicted molar refractivity (Wildman–Crippen MR) is 82.1 cm³/mol. The number of nitrogens with one attached hydrogen (secondary N) is 1. The van der Waals surface area contributed by atoms with Crippen molar-refractivity contribution in [3.8, 4) is 12.1 Å². The van der Waals surface area contributed by atoms with E-state index < -0.39 is 28.1 Å². The van der Waals surface area contributed by atoms with E-state index in [0.29, 0.717) is 17.8 Å². The molecule has 0 spiro atoms. The molecular weight excluding hydrogens is 339 g/mol. The van der Waals surface area contributed by atoms with Gasteiger partial charge in [0.25, 0.3) is 0 Å². The van der Waals surface area contributed by atoms with Crippen molar-refractivity contribution in [2.75, 3.05) is 5.32 Å². The number of thiophene rings is 1. The van der Waals surface area contributed by atoms with E-state index in [4.69, 9.17) is 10.5 Å². The highest BCUT2D eigenvalue weighted by atomic mass is 32.1. The highest BCUT2D eigenvalue weighted by molar-refractivity contribution is 7.17. The number of carbonyl (C=O) groups is 1. The maximum absolute atomic E-state index is 13.0. The Morgan fingerprint density at radius 2 is 1.83 bits per heavy atom. The van der Waals surface area contributed by atoms with Crippen molar-refractivity contribution in [1.82, 2.24) is 0 Å². The maximum Gasteiger partial charge on any atom is 0.419 e. The predicted octanol–water partition coefficient (Wildman–Crippen LogP) is 4.08. The van der Waals surface area contributed by atoms with E-state index in [9.17, 15) is 18.0 Å². The van der Waals surface area contributed by atoms with Crippen molar-refractivity contribution in [3.05, 3.63) is 51.9 Å². The number of amides is 1. The van der Waals surface area contributed by atoms with E-state index in [1.54, 1.807) is 0 Å². The summed E-state index contributed by atoms with van der Waals surface area (Å²) in [6.45, 7) is 0. The van der Waals surface area contributed by atoms with Gasteiger partial charge >= 0.3 is 6.18 Å². The van der Waals surface area contributed by atoms with Gasteiger partial charge in [0.05, 0.1) is 0 Å². The molecule has 0 atom stereocenters. The van der Waals surface area contributed by atoms with Gasteiger partial charge in [0, 0.05) is 6.42 Å². The van der Waals surface area contributed by atoms with Crippen LogP contribution in [0.3, 0.4) is 0 Å². The first-order valence-corrected chi connectivity index (χ1v) is 7.56. The van der Waals surface area contributed by atoms with Gasteiger partial charge in [-0.1, -0.05) is 30.3 Å². The summed E-state index contributed by atoms with van der Waals surface area (Å²) >= 11 is 0.452. The molecule has 1 aromatic heterocycles. The van der Waals surface area contributed by atoms with Gasteiger partial charge in [-0.15, -0.1) is 11.3 Å². The largest absolute Gasteiger partial charge is 0.419 e. The quantitative estimate of drug-likeness (QED) is 0.903. The lowest BCUT2D eigenvalue weighted by atomic mass is 10.1. The molecule has 0 aliphatic carbocycles. The second kappa shape index (κ2) is 7.16. The lowest BCUT2D eigenvalue weighted by Crippen LogP contribution is -2.13. The van der Waals surface area contributed by atoms with Gasteiger partial charge in [0.15, 0.2) is 0 Å². The number of hydrogen-bond acceptors (Lipinski definition) is 4. The van der Waals surface area contributed by atoms with Crippen LogP contribution in [0.5, 0.6) is 0 Å². The molecular formula is C16H10F3N3OS. The molecule has 0 unspecified atom stereocenters. The molecule has 0 fully saturated rings. The number of halogens is 3. The van der Waals surface area contributed by atoms with Crippen LogP contribution in [-0.4, -0.2) is 5.91 Å². The molecule has 8 heteroatoms. The lowest BCUT2D eigenvalue weighted by Gasteiger charge is -2.06. The Hall–Kier alpha value is -2.84. The van der Waals surface area contributed by atoms with Crippen molar-refractivity contribution >= 4 is 22.2 Å². The summed E-state index contributed by atoms with van der Waals surface area (Å²) in [5.41, 5.74) is -1.11. The van der Waals surface area contributed by atoms with E-state index in [1.807, 2.05) is 30.3 Å². The SMILES string of the molecule is N#Cc1sc(NC(=O)CCc2ccccc2)c(C#N)c1C(F)(F)F. The Morgan fingerprint density at radius 1 is 1.17 bits per heavy atom. The maximum atomic E-state index is 13.0. The Bertz CT molecular complexity index is 829. The van der Waals surface area contributed by atoms with Crippen LogP contribution in [0.2, 0.25) is 0 Å². The van der Waals surface area contributed by atoms with Crippen molar-refractivity contribution in [3.63, 3.8) is 0 Å². The Labute approximate surface area is 139 Å². The van der Waals surface area contributed by atoms with Crippen molar-refractivity contribution in [1.29, 1.82) is 10.5 Å². The molecule has 1 N–H and O–H groups in total. The van der Waals surface area contributed by atoms with E-state index >= 15 is 0 Å². The summed E-state index contributed by atoms with van der Waals surface area (Å²) in [4.78, 5) is 11.3. The second-order valence-corrected chi connectivity index (χ2v) is 5.79. The van der Waals surface area contributed by atoms with Gasteiger partial charge in [-0.05, 0) is 12.0 Å². The third kappa shape index (κ3) is 3.92. The molecule has 0 aliphatic rings. The number of nitrogens with zero attached hydrogens (tertiary/aromatic N) is 2. The number of aryl methyl sites for hydroxylation is 1. The molecule has 1 aromatic carbocycles. The average molecular weight is 349 g/mol. The fraction of sp³-hybridized carbons (Fsp3) is 0.188. The standard InChI is InChI=1S/C16H10F3N3OS/c17-16(18,19)14-11(8-20)15(24-12(14)9-21)22-13(23)7-6-10-4-2-1-3-5-10/h1-5H,6-7H2,(H,22,23). The Balaban J connectivity index is 2.18. The minimum absolute atomic E-state index is 0.0516. The molecule has 2 rings (SSSR count). The van der Waals surface area contributed by atoms with Crippen LogP contribution < -0.4 is 5.32 Å². The molecule has 24 heavy (non-hydrogen) atoms. The zero-order valence-corrected chi connectivity index (χ0v) is 13.0. The number of carbonyl (C=O) groups excluding carboxylic acids is 1. The fourth-order valence-electron chi connectivity index (χ4n) is 2.07. The molecule has 0 aliphatic heterocycles. The molecule has 1 amide bonds.